The Morgan fingerprint density at radius 2 is 2.33 bits per heavy atom. The van der Waals surface area contributed by atoms with Crippen LogP contribution in [0.15, 0.2) is 0 Å². The predicted octanol–water partition coefficient (Wildman–Crippen LogP) is 0.686. The van der Waals surface area contributed by atoms with Gasteiger partial charge in [0.25, 0.3) is 0 Å². The van der Waals surface area contributed by atoms with E-state index in [9.17, 15) is 9.59 Å². The summed E-state index contributed by atoms with van der Waals surface area (Å²) in [6.07, 6.45) is 1.29. The van der Waals surface area contributed by atoms with Crippen molar-refractivity contribution in [2.24, 2.45) is 5.92 Å². The molecule has 3 heteroatoms. The largest absolute Gasteiger partial charge is 0.481 e. The highest BCUT2D eigenvalue weighted by Gasteiger charge is 2.12. The fraction of sp³-hybridized carbons (Fsp3) is 0.667. The van der Waals surface area contributed by atoms with Crippen LogP contribution in [0.1, 0.15) is 19.8 Å². The average molecular weight is 130 g/mol. The van der Waals surface area contributed by atoms with Gasteiger partial charge >= 0.3 is 5.97 Å². The van der Waals surface area contributed by atoms with Crippen LogP contribution in [0.5, 0.6) is 0 Å². The third kappa shape index (κ3) is 2.85. The third-order valence-corrected chi connectivity index (χ3v) is 1.22. The minimum absolute atomic E-state index is 0.131. The van der Waals surface area contributed by atoms with Crippen LogP contribution in [-0.2, 0) is 9.59 Å². The van der Waals surface area contributed by atoms with E-state index in [0.717, 1.165) is 0 Å². The van der Waals surface area contributed by atoms with Crippen molar-refractivity contribution < 1.29 is 14.7 Å². The van der Waals surface area contributed by atoms with Crippen molar-refractivity contribution in [3.8, 4) is 0 Å². The Hall–Kier alpha value is -0.860. The number of carboxylic acid groups (broad SMARTS) is 1. The van der Waals surface area contributed by atoms with Crippen molar-refractivity contribution in [3.05, 3.63) is 0 Å². The molecule has 1 atom stereocenters. The normalized spacial score (nSPS) is 12.6. The Bertz CT molecular complexity index is 109. The van der Waals surface area contributed by atoms with Crippen LogP contribution >= 0.6 is 0 Å². The Labute approximate surface area is 53.7 Å². The van der Waals surface area contributed by atoms with Gasteiger partial charge in [0.2, 0.25) is 0 Å². The highest BCUT2D eigenvalue weighted by molar-refractivity contribution is 5.73. The van der Waals surface area contributed by atoms with E-state index in [0.29, 0.717) is 12.7 Å². The average Bonchev–Trinajstić information content (AvgIpc) is 1.82. The molecule has 0 aliphatic rings. The van der Waals surface area contributed by atoms with E-state index in [2.05, 4.69) is 0 Å². The molecule has 0 heterocycles. The maximum atomic E-state index is 10.2. The maximum Gasteiger partial charge on any atom is 0.306 e. The molecule has 1 N–H and O–H groups in total. The number of hydrogen-bond acceptors (Lipinski definition) is 2. The van der Waals surface area contributed by atoms with E-state index < -0.39 is 11.9 Å². The van der Waals surface area contributed by atoms with Crippen molar-refractivity contribution in [3.63, 3.8) is 0 Å². The smallest absolute Gasteiger partial charge is 0.306 e. The van der Waals surface area contributed by atoms with Gasteiger partial charge in [-0.1, -0.05) is 6.92 Å². The van der Waals surface area contributed by atoms with Crippen molar-refractivity contribution in [2.45, 2.75) is 19.8 Å². The molecular formula is C6H10O3. The summed E-state index contributed by atoms with van der Waals surface area (Å²) < 4.78 is 0. The van der Waals surface area contributed by atoms with Crippen molar-refractivity contribution in [1.29, 1.82) is 0 Å². The summed E-state index contributed by atoms with van der Waals surface area (Å²) in [4.78, 5) is 20.0. The molecule has 0 saturated heterocycles. The molecule has 0 amide bonds. The summed E-state index contributed by atoms with van der Waals surface area (Å²) in [6, 6.07) is 0. The molecule has 0 aromatic rings. The van der Waals surface area contributed by atoms with Gasteiger partial charge in [-0.15, -0.1) is 0 Å². The molecule has 0 aliphatic carbocycles. The van der Waals surface area contributed by atoms with Gasteiger partial charge in [-0.25, -0.2) is 0 Å². The SMILES string of the molecule is CCC(CC=O)C(=O)O. The molecule has 0 aliphatic heterocycles. The van der Waals surface area contributed by atoms with Gasteiger partial charge in [0.05, 0.1) is 5.92 Å². The first-order chi connectivity index (χ1) is 4.22. The Kier molecular flexibility index (Phi) is 3.67. The summed E-state index contributed by atoms with van der Waals surface area (Å²) in [6.45, 7) is 1.75. The topological polar surface area (TPSA) is 54.4 Å². The molecular weight excluding hydrogens is 120 g/mol. The molecule has 0 spiro atoms. The van der Waals surface area contributed by atoms with E-state index in [4.69, 9.17) is 5.11 Å². The molecule has 0 aromatic heterocycles. The molecule has 3 nitrogen and oxygen atoms in total. The molecule has 0 radical (unpaired) electrons. The number of rotatable bonds is 4. The van der Waals surface area contributed by atoms with Gasteiger partial charge in [-0.05, 0) is 6.42 Å². The van der Waals surface area contributed by atoms with E-state index in [1.807, 2.05) is 0 Å². The maximum absolute atomic E-state index is 10.2. The molecule has 0 saturated carbocycles. The molecule has 0 fully saturated rings. The van der Waals surface area contributed by atoms with Crippen LogP contribution in [0.3, 0.4) is 0 Å². The molecule has 0 aromatic carbocycles. The van der Waals surface area contributed by atoms with Crippen LogP contribution in [0, 0.1) is 5.92 Å². The zero-order chi connectivity index (χ0) is 7.28. The number of carbonyl (C=O) groups is 2. The highest BCUT2D eigenvalue weighted by Crippen LogP contribution is 2.04. The summed E-state index contributed by atoms with van der Waals surface area (Å²) in [5, 5.41) is 8.35. The van der Waals surface area contributed by atoms with Crippen LogP contribution < -0.4 is 0 Å². The van der Waals surface area contributed by atoms with E-state index in [1.165, 1.54) is 0 Å². The first kappa shape index (κ1) is 8.14. The molecule has 0 rings (SSSR count). The highest BCUT2D eigenvalue weighted by atomic mass is 16.4. The fourth-order valence-electron chi connectivity index (χ4n) is 0.558. The predicted molar refractivity (Wildman–Crippen MR) is 32.1 cm³/mol. The van der Waals surface area contributed by atoms with Gasteiger partial charge in [-0.3, -0.25) is 4.79 Å². The summed E-state index contributed by atoms with van der Waals surface area (Å²) in [5.74, 6) is -1.37. The Morgan fingerprint density at radius 1 is 1.78 bits per heavy atom. The molecule has 52 valence electrons. The van der Waals surface area contributed by atoms with Crippen molar-refractivity contribution in [2.75, 3.05) is 0 Å². The van der Waals surface area contributed by atoms with Gasteiger partial charge < -0.3 is 9.90 Å². The van der Waals surface area contributed by atoms with Gasteiger partial charge in [0, 0.05) is 6.42 Å². The van der Waals surface area contributed by atoms with Crippen LogP contribution in [0.4, 0.5) is 0 Å². The second-order valence-corrected chi connectivity index (χ2v) is 1.85. The Morgan fingerprint density at radius 3 is 2.44 bits per heavy atom. The second kappa shape index (κ2) is 4.06. The lowest BCUT2D eigenvalue weighted by atomic mass is 10.0. The van der Waals surface area contributed by atoms with Crippen molar-refractivity contribution in [1.82, 2.24) is 0 Å². The van der Waals surface area contributed by atoms with Gasteiger partial charge in [-0.2, -0.15) is 0 Å². The number of carbonyl (C=O) groups excluding carboxylic acids is 1. The number of carboxylic acids is 1. The van der Waals surface area contributed by atoms with Gasteiger partial charge in [0.1, 0.15) is 6.29 Å². The lowest BCUT2D eigenvalue weighted by molar-refractivity contribution is -0.142. The molecule has 9 heavy (non-hydrogen) atoms. The fourth-order valence-corrected chi connectivity index (χ4v) is 0.558. The summed E-state index contributed by atoms with van der Waals surface area (Å²) in [7, 11) is 0. The lowest BCUT2D eigenvalue weighted by Crippen LogP contribution is -2.12. The zero-order valence-electron chi connectivity index (χ0n) is 5.33. The van der Waals surface area contributed by atoms with Crippen molar-refractivity contribution >= 4 is 12.3 Å². The summed E-state index contributed by atoms with van der Waals surface area (Å²) in [5.41, 5.74) is 0. The first-order valence-corrected chi connectivity index (χ1v) is 2.88. The van der Waals surface area contributed by atoms with Crippen LogP contribution in [0.25, 0.3) is 0 Å². The standard InChI is InChI=1S/C6H10O3/c1-2-5(3-4-7)6(8)9/h4-5H,2-3H2,1H3,(H,8,9). The first-order valence-electron chi connectivity index (χ1n) is 2.88. The molecule has 0 bridgehead atoms. The number of hydrogen-bond donors (Lipinski definition) is 1. The molecule has 1 unspecified atom stereocenters. The quantitative estimate of drug-likeness (QED) is 0.569. The zero-order valence-corrected chi connectivity index (χ0v) is 5.33. The number of aliphatic carboxylic acids is 1. The Balaban J connectivity index is 3.67. The van der Waals surface area contributed by atoms with Crippen LogP contribution in [0.2, 0.25) is 0 Å². The third-order valence-electron chi connectivity index (χ3n) is 1.22. The second-order valence-electron chi connectivity index (χ2n) is 1.85. The van der Waals surface area contributed by atoms with E-state index in [-0.39, 0.29) is 6.42 Å². The lowest BCUT2D eigenvalue weighted by Gasteiger charge is -2.01. The monoisotopic (exact) mass is 130 g/mol. The van der Waals surface area contributed by atoms with E-state index in [1.54, 1.807) is 6.92 Å². The van der Waals surface area contributed by atoms with Crippen LogP contribution in [-0.4, -0.2) is 17.4 Å². The number of aldehydes is 1. The summed E-state index contributed by atoms with van der Waals surface area (Å²) >= 11 is 0. The minimum Gasteiger partial charge on any atom is -0.481 e. The van der Waals surface area contributed by atoms with E-state index >= 15 is 0 Å². The van der Waals surface area contributed by atoms with Gasteiger partial charge in [0.15, 0.2) is 0 Å². The minimum atomic E-state index is -0.885.